The molecule has 0 N–H and O–H groups in total. The molecule has 4 heteroatoms. The fraction of sp³-hybridized carbons (Fsp3) is 0.600. The molecule has 0 saturated heterocycles. The second-order valence-electron chi connectivity index (χ2n) is 4.76. The Kier molecular flexibility index (Phi) is 6.19. The van der Waals surface area contributed by atoms with Crippen molar-refractivity contribution in [1.82, 2.24) is 0 Å². The van der Waals surface area contributed by atoms with Crippen LogP contribution < -0.4 is 4.74 Å². The Hall–Kier alpha value is -1.19. The molecule has 1 nitrogen and oxygen atoms in total. The van der Waals surface area contributed by atoms with Crippen molar-refractivity contribution in [2.75, 3.05) is 6.61 Å². The lowest BCUT2D eigenvalue weighted by Crippen LogP contribution is -2.09. The van der Waals surface area contributed by atoms with E-state index in [0.717, 1.165) is 31.7 Å². The van der Waals surface area contributed by atoms with Gasteiger partial charge in [0.15, 0.2) is 0 Å². The van der Waals surface area contributed by atoms with E-state index in [1.165, 1.54) is 12.5 Å². The van der Waals surface area contributed by atoms with Gasteiger partial charge in [0, 0.05) is 0 Å². The first-order valence-electron chi connectivity index (χ1n) is 6.75. The lowest BCUT2D eigenvalue weighted by atomic mass is 10.1. The van der Waals surface area contributed by atoms with Crippen LogP contribution in [-0.4, -0.2) is 6.61 Å². The Morgan fingerprint density at radius 2 is 1.74 bits per heavy atom. The van der Waals surface area contributed by atoms with Gasteiger partial charge < -0.3 is 4.74 Å². The fourth-order valence-corrected chi connectivity index (χ4v) is 1.88. The summed E-state index contributed by atoms with van der Waals surface area (Å²) in [6.45, 7) is 4.11. The number of benzene rings is 1. The number of rotatable bonds is 7. The minimum Gasteiger partial charge on any atom is -0.493 e. The van der Waals surface area contributed by atoms with Crippen LogP contribution >= 0.6 is 0 Å². The van der Waals surface area contributed by atoms with E-state index >= 15 is 0 Å². The molecule has 0 saturated carbocycles. The summed E-state index contributed by atoms with van der Waals surface area (Å²) in [5.41, 5.74) is -0.0938. The van der Waals surface area contributed by atoms with Crippen molar-refractivity contribution >= 4 is 0 Å². The van der Waals surface area contributed by atoms with Gasteiger partial charge in [0.2, 0.25) is 0 Å². The highest BCUT2D eigenvalue weighted by molar-refractivity contribution is 5.38. The Labute approximate surface area is 112 Å². The quantitative estimate of drug-likeness (QED) is 0.608. The fourth-order valence-electron chi connectivity index (χ4n) is 1.88. The van der Waals surface area contributed by atoms with Gasteiger partial charge in [-0.2, -0.15) is 13.2 Å². The van der Waals surface area contributed by atoms with E-state index in [0.29, 0.717) is 12.2 Å². The molecule has 0 heterocycles. The zero-order valence-corrected chi connectivity index (χ0v) is 11.5. The van der Waals surface area contributed by atoms with E-state index in [-0.39, 0.29) is 5.75 Å². The van der Waals surface area contributed by atoms with Crippen LogP contribution in [0.2, 0.25) is 0 Å². The SMILES string of the molecule is CCCCCCCOc1ccc(C)cc1C(F)(F)F. The molecule has 0 fully saturated rings. The monoisotopic (exact) mass is 274 g/mol. The minimum atomic E-state index is -4.36. The maximum Gasteiger partial charge on any atom is 0.419 e. The highest BCUT2D eigenvalue weighted by Crippen LogP contribution is 2.36. The van der Waals surface area contributed by atoms with E-state index in [2.05, 4.69) is 6.92 Å². The molecule has 0 aliphatic rings. The van der Waals surface area contributed by atoms with Gasteiger partial charge in [0.25, 0.3) is 0 Å². The molecule has 1 aromatic carbocycles. The normalized spacial score (nSPS) is 11.6. The Balaban J connectivity index is 2.54. The van der Waals surface area contributed by atoms with Crippen molar-refractivity contribution in [3.63, 3.8) is 0 Å². The first-order chi connectivity index (χ1) is 8.95. The molecule has 0 aromatic heterocycles. The third kappa shape index (κ3) is 5.53. The molecule has 0 aliphatic heterocycles. The maximum atomic E-state index is 12.8. The van der Waals surface area contributed by atoms with E-state index in [1.807, 2.05) is 0 Å². The van der Waals surface area contributed by atoms with Crippen LogP contribution in [-0.2, 0) is 6.18 Å². The van der Waals surface area contributed by atoms with Crippen LogP contribution in [0.4, 0.5) is 13.2 Å². The molecule has 0 aliphatic carbocycles. The predicted octanol–water partition coefficient (Wildman–Crippen LogP) is 5.36. The number of aryl methyl sites for hydroxylation is 1. The van der Waals surface area contributed by atoms with E-state index in [4.69, 9.17) is 4.74 Å². The lowest BCUT2D eigenvalue weighted by Gasteiger charge is -2.14. The summed E-state index contributed by atoms with van der Waals surface area (Å²) in [7, 11) is 0. The van der Waals surface area contributed by atoms with Gasteiger partial charge in [-0.05, 0) is 25.5 Å². The van der Waals surface area contributed by atoms with Crippen LogP contribution in [0.1, 0.15) is 50.2 Å². The number of ether oxygens (including phenoxy) is 1. The van der Waals surface area contributed by atoms with E-state index < -0.39 is 11.7 Å². The van der Waals surface area contributed by atoms with Gasteiger partial charge in [-0.1, -0.05) is 44.2 Å². The molecule has 0 amide bonds. The van der Waals surface area contributed by atoms with Gasteiger partial charge in [0.05, 0.1) is 12.2 Å². The number of alkyl halides is 3. The second kappa shape index (κ2) is 7.41. The third-order valence-electron chi connectivity index (χ3n) is 2.95. The van der Waals surface area contributed by atoms with Crippen LogP contribution in [0.25, 0.3) is 0 Å². The highest BCUT2D eigenvalue weighted by Gasteiger charge is 2.34. The molecule has 1 rings (SSSR count). The van der Waals surface area contributed by atoms with Crippen molar-refractivity contribution in [3.8, 4) is 5.75 Å². The van der Waals surface area contributed by atoms with Crippen molar-refractivity contribution in [2.24, 2.45) is 0 Å². The molecular formula is C15H21F3O. The van der Waals surface area contributed by atoms with Crippen molar-refractivity contribution in [2.45, 2.75) is 52.1 Å². The smallest absolute Gasteiger partial charge is 0.419 e. The zero-order chi connectivity index (χ0) is 14.3. The topological polar surface area (TPSA) is 9.23 Å². The van der Waals surface area contributed by atoms with Crippen LogP contribution in [0, 0.1) is 6.92 Å². The molecule has 0 spiro atoms. The summed E-state index contributed by atoms with van der Waals surface area (Å²) in [6.07, 6.45) is 0.866. The zero-order valence-electron chi connectivity index (χ0n) is 11.5. The van der Waals surface area contributed by atoms with Crippen LogP contribution in [0.5, 0.6) is 5.75 Å². The Bertz CT molecular complexity index is 385. The number of hydrogen-bond acceptors (Lipinski definition) is 1. The van der Waals surface area contributed by atoms with Gasteiger partial charge in [0.1, 0.15) is 5.75 Å². The summed E-state index contributed by atoms with van der Waals surface area (Å²) in [6, 6.07) is 4.18. The molecule has 0 unspecified atom stereocenters. The van der Waals surface area contributed by atoms with Gasteiger partial charge in [-0.3, -0.25) is 0 Å². The molecular weight excluding hydrogens is 253 g/mol. The Morgan fingerprint density at radius 3 is 2.37 bits per heavy atom. The minimum absolute atomic E-state index is 0.0615. The Morgan fingerprint density at radius 1 is 1.05 bits per heavy atom. The molecule has 0 radical (unpaired) electrons. The van der Waals surface area contributed by atoms with Crippen molar-refractivity contribution < 1.29 is 17.9 Å². The molecule has 108 valence electrons. The second-order valence-corrected chi connectivity index (χ2v) is 4.76. The summed E-state index contributed by atoms with van der Waals surface area (Å²) in [5.74, 6) is -0.0615. The first kappa shape index (κ1) is 15.9. The van der Waals surface area contributed by atoms with E-state index in [9.17, 15) is 13.2 Å². The molecule has 1 aromatic rings. The lowest BCUT2D eigenvalue weighted by molar-refractivity contribution is -0.139. The average molecular weight is 274 g/mol. The number of hydrogen-bond donors (Lipinski definition) is 0. The molecule has 19 heavy (non-hydrogen) atoms. The van der Waals surface area contributed by atoms with Gasteiger partial charge in [-0.25, -0.2) is 0 Å². The van der Waals surface area contributed by atoms with E-state index in [1.54, 1.807) is 13.0 Å². The number of unbranched alkanes of at least 4 members (excludes halogenated alkanes) is 4. The third-order valence-corrected chi connectivity index (χ3v) is 2.95. The van der Waals surface area contributed by atoms with Gasteiger partial charge in [-0.15, -0.1) is 0 Å². The maximum absolute atomic E-state index is 12.8. The van der Waals surface area contributed by atoms with Crippen LogP contribution in [0.15, 0.2) is 18.2 Å². The van der Waals surface area contributed by atoms with Crippen LogP contribution in [0.3, 0.4) is 0 Å². The number of halogens is 3. The van der Waals surface area contributed by atoms with Crippen molar-refractivity contribution in [1.29, 1.82) is 0 Å². The van der Waals surface area contributed by atoms with Gasteiger partial charge >= 0.3 is 6.18 Å². The standard InChI is InChI=1S/C15H21F3O/c1-3-4-5-6-7-10-19-14-9-8-12(2)11-13(14)15(16,17)18/h8-9,11H,3-7,10H2,1-2H3. The summed E-state index contributed by atoms with van der Waals surface area (Å²) in [4.78, 5) is 0. The largest absolute Gasteiger partial charge is 0.493 e. The average Bonchev–Trinajstić information content (AvgIpc) is 2.34. The summed E-state index contributed by atoms with van der Waals surface area (Å²) in [5, 5.41) is 0. The highest BCUT2D eigenvalue weighted by atomic mass is 19.4. The summed E-state index contributed by atoms with van der Waals surface area (Å²) >= 11 is 0. The molecule has 0 atom stereocenters. The molecule has 0 bridgehead atoms. The summed E-state index contributed by atoms with van der Waals surface area (Å²) < 4.78 is 43.8. The first-order valence-corrected chi connectivity index (χ1v) is 6.75. The van der Waals surface area contributed by atoms with Crippen molar-refractivity contribution in [3.05, 3.63) is 29.3 Å². The predicted molar refractivity (Wildman–Crippen MR) is 70.4 cm³/mol.